The first-order valence-electron chi connectivity index (χ1n) is 5.04. The van der Waals surface area contributed by atoms with E-state index in [2.05, 4.69) is 12.7 Å². The highest BCUT2D eigenvalue weighted by Gasteiger charge is 2.24. The minimum absolute atomic E-state index is 0.211. The van der Waals surface area contributed by atoms with Crippen LogP contribution in [0.5, 0.6) is 0 Å². The van der Waals surface area contributed by atoms with E-state index in [1.807, 2.05) is 13.8 Å². The lowest BCUT2D eigenvalue weighted by molar-refractivity contribution is -0.137. The highest BCUT2D eigenvalue weighted by molar-refractivity contribution is 5.67. The molecule has 1 rings (SSSR count). The first-order chi connectivity index (χ1) is 6.50. The lowest BCUT2D eigenvalue weighted by atomic mass is 9.77. The van der Waals surface area contributed by atoms with E-state index in [-0.39, 0.29) is 12.3 Å². The van der Waals surface area contributed by atoms with Crippen molar-refractivity contribution in [1.82, 2.24) is 0 Å². The molecule has 0 aliphatic heterocycles. The van der Waals surface area contributed by atoms with E-state index >= 15 is 0 Å². The molecule has 0 unspecified atom stereocenters. The zero-order chi connectivity index (χ0) is 10.7. The summed E-state index contributed by atoms with van der Waals surface area (Å²) >= 11 is 0. The van der Waals surface area contributed by atoms with Crippen LogP contribution in [-0.2, 0) is 4.79 Å². The van der Waals surface area contributed by atoms with E-state index in [1.165, 1.54) is 11.1 Å². The average Bonchev–Trinajstić information content (AvgIpc) is 2.07. The fourth-order valence-electron chi connectivity index (χ4n) is 1.98. The van der Waals surface area contributed by atoms with E-state index in [1.54, 1.807) is 0 Å². The van der Waals surface area contributed by atoms with Crippen molar-refractivity contribution in [3.8, 4) is 0 Å². The third kappa shape index (κ3) is 2.72. The third-order valence-electron chi connectivity index (χ3n) is 3.06. The van der Waals surface area contributed by atoms with Gasteiger partial charge in [-0.05, 0) is 38.5 Å². The molecule has 0 saturated carbocycles. The van der Waals surface area contributed by atoms with E-state index in [0.29, 0.717) is 5.92 Å². The molecule has 0 bridgehead atoms. The number of carboxylic acids is 1. The lowest BCUT2D eigenvalue weighted by Gasteiger charge is -2.27. The molecule has 2 nitrogen and oxygen atoms in total. The Labute approximate surface area is 85.3 Å². The molecule has 0 radical (unpaired) electrons. The van der Waals surface area contributed by atoms with Gasteiger partial charge in [0.1, 0.15) is 0 Å². The predicted octanol–water partition coefficient (Wildman–Crippen LogP) is 3.01. The van der Waals surface area contributed by atoms with Gasteiger partial charge in [-0.1, -0.05) is 23.8 Å². The molecular formula is C12H18O2. The van der Waals surface area contributed by atoms with Crippen molar-refractivity contribution in [2.24, 2.45) is 11.8 Å². The second-order valence-electron chi connectivity index (χ2n) is 4.26. The fourth-order valence-corrected chi connectivity index (χ4v) is 1.98. The summed E-state index contributed by atoms with van der Waals surface area (Å²) in [5, 5.41) is 8.76. The van der Waals surface area contributed by atoms with Crippen LogP contribution in [0.3, 0.4) is 0 Å². The number of carbonyl (C=O) groups is 1. The van der Waals surface area contributed by atoms with Crippen molar-refractivity contribution in [2.45, 2.75) is 33.1 Å². The molecule has 0 saturated heterocycles. The molecule has 78 valence electrons. The van der Waals surface area contributed by atoms with Gasteiger partial charge in [0.25, 0.3) is 0 Å². The van der Waals surface area contributed by atoms with Crippen LogP contribution >= 0.6 is 0 Å². The van der Waals surface area contributed by atoms with Gasteiger partial charge < -0.3 is 5.11 Å². The SMILES string of the molecule is C=C(C)[C@H]1CC=C(C)[C@@H](CC(=O)O)C1. The smallest absolute Gasteiger partial charge is 0.303 e. The number of rotatable bonds is 3. The molecule has 2 atom stereocenters. The van der Waals surface area contributed by atoms with Gasteiger partial charge in [-0.25, -0.2) is 0 Å². The zero-order valence-corrected chi connectivity index (χ0v) is 8.92. The Morgan fingerprint density at radius 2 is 2.36 bits per heavy atom. The summed E-state index contributed by atoms with van der Waals surface area (Å²) in [5.41, 5.74) is 2.40. The molecule has 14 heavy (non-hydrogen) atoms. The van der Waals surface area contributed by atoms with Gasteiger partial charge in [0.05, 0.1) is 6.42 Å². The highest BCUT2D eigenvalue weighted by Crippen LogP contribution is 2.34. The fraction of sp³-hybridized carbons (Fsp3) is 0.583. The molecule has 0 heterocycles. The summed E-state index contributed by atoms with van der Waals surface area (Å²) in [4.78, 5) is 10.6. The Balaban J connectivity index is 2.66. The summed E-state index contributed by atoms with van der Waals surface area (Å²) in [5.74, 6) is -0.0175. The largest absolute Gasteiger partial charge is 0.481 e. The average molecular weight is 194 g/mol. The van der Waals surface area contributed by atoms with E-state index < -0.39 is 5.97 Å². The molecule has 0 amide bonds. The maximum Gasteiger partial charge on any atom is 0.303 e. The summed E-state index contributed by atoms with van der Waals surface area (Å²) in [6.07, 6.45) is 4.39. The molecule has 1 aliphatic carbocycles. The van der Waals surface area contributed by atoms with Crippen LogP contribution in [0.4, 0.5) is 0 Å². The van der Waals surface area contributed by atoms with Crippen molar-refractivity contribution in [3.63, 3.8) is 0 Å². The van der Waals surface area contributed by atoms with Crippen molar-refractivity contribution >= 4 is 5.97 Å². The van der Waals surface area contributed by atoms with Crippen LogP contribution in [0.25, 0.3) is 0 Å². The van der Waals surface area contributed by atoms with Crippen LogP contribution in [0, 0.1) is 11.8 Å². The van der Waals surface area contributed by atoms with Gasteiger partial charge >= 0.3 is 5.97 Å². The van der Waals surface area contributed by atoms with Crippen LogP contribution < -0.4 is 0 Å². The maximum absolute atomic E-state index is 10.6. The Bertz CT molecular complexity index is 276. The third-order valence-corrected chi connectivity index (χ3v) is 3.06. The summed E-state index contributed by atoms with van der Waals surface area (Å²) in [6.45, 7) is 8.00. The van der Waals surface area contributed by atoms with Crippen molar-refractivity contribution in [1.29, 1.82) is 0 Å². The standard InChI is InChI=1S/C12H18O2/c1-8(2)10-5-4-9(3)11(6-10)7-12(13)14/h4,10-11H,1,5-7H2,2-3H3,(H,13,14)/t10-,11+/m0/s1. The van der Waals surface area contributed by atoms with E-state index in [0.717, 1.165) is 12.8 Å². The lowest BCUT2D eigenvalue weighted by Crippen LogP contribution is -2.18. The Kier molecular flexibility index (Phi) is 3.50. The second kappa shape index (κ2) is 4.45. The van der Waals surface area contributed by atoms with Gasteiger partial charge in [0.15, 0.2) is 0 Å². The molecule has 2 heteroatoms. The Morgan fingerprint density at radius 3 is 2.86 bits per heavy atom. The van der Waals surface area contributed by atoms with E-state index in [4.69, 9.17) is 5.11 Å². The minimum Gasteiger partial charge on any atom is -0.481 e. The Morgan fingerprint density at radius 1 is 1.71 bits per heavy atom. The number of carboxylic acid groups (broad SMARTS) is 1. The number of allylic oxidation sites excluding steroid dienone is 3. The second-order valence-corrected chi connectivity index (χ2v) is 4.26. The van der Waals surface area contributed by atoms with Gasteiger partial charge in [-0.15, -0.1) is 0 Å². The van der Waals surface area contributed by atoms with Crippen LogP contribution in [0.1, 0.15) is 33.1 Å². The predicted molar refractivity (Wildman–Crippen MR) is 57.0 cm³/mol. The Hall–Kier alpha value is -1.05. The molecule has 0 spiro atoms. The maximum atomic E-state index is 10.6. The highest BCUT2D eigenvalue weighted by atomic mass is 16.4. The van der Waals surface area contributed by atoms with Gasteiger partial charge in [-0.3, -0.25) is 4.79 Å². The van der Waals surface area contributed by atoms with E-state index in [9.17, 15) is 4.79 Å². The summed E-state index contributed by atoms with van der Waals surface area (Å²) in [7, 11) is 0. The number of hydrogen-bond acceptors (Lipinski definition) is 1. The number of aliphatic carboxylic acids is 1. The molecule has 0 aromatic heterocycles. The molecule has 1 N–H and O–H groups in total. The van der Waals surface area contributed by atoms with Crippen molar-refractivity contribution < 1.29 is 9.90 Å². The molecule has 0 aromatic rings. The van der Waals surface area contributed by atoms with Crippen LogP contribution in [0.15, 0.2) is 23.8 Å². The minimum atomic E-state index is -0.704. The zero-order valence-electron chi connectivity index (χ0n) is 8.92. The van der Waals surface area contributed by atoms with Crippen molar-refractivity contribution in [3.05, 3.63) is 23.8 Å². The molecule has 1 aliphatic rings. The first-order valence-corrected chi connectivity index (χ1v) is 5.04. The van der Waals surface area contributed by atoms with Crippen LogP contribution in [0.2, 0.25) is 0 Å². The quantitative estimate of drug-likeness (QED) is 0.701. The summed E-state index contributed by atoms with van der Waals surface area (Å²) in [6, 6.07) is 0. The van der Waals surface area contributed by atoms with Crippen molar-refractivity contribution in [2.75, 3.05) is 0 Å². The first kappa shape index (κ1) is 11.0. The molecule has 0 aromatic carbocycles. The summed E-state index contributed by atoms with van der Waals surface area (Å²) < 4.78 is 0. The topological polar surface area (TPSA) is 37.3 Å². The van der Waals surface area contributed by atoms with Gasteiger partial charge in [-0.2, -0.15) is 0 Å². The number of hydrogen-bond donors (Lipinski definition) is 1. The monoisotopic (exact) mass is 194 g/mol. The van der Waals surface area contributed by atoms with Gasteiger partial charge in [0.2, 0.25) is 0 Å². The molecular weight excluding hydrogens is 176 g/mol. The molecule has 0 fully saturated rings. The normalized spacial score (nSPS) is 26.9. The van der Waals surface area contributed by atoms with Crippen LogP contribution in [-0.4, -0.2) is 11.1 Å². The van der Waals surface area contributed by atoms with Gasteiger partial charge in [0, 0.05) is 0 Å².